The quantitative estimate of drug-likeness (QED) is 0.680. The van der Waals surface area contributed by atoms with E-state index in [0.717, 1.165) is 11.3 Å². The van der Waals surface area contributed by atoms with Gasteiger partial charge in [0.05, 0.1) is 11.4 Å². The van der Waals surface area contributed by atoms with Crippen LogP contribution in [0.5, 0.6) is 0 Å². The summed E-state index contributed by atoms with van der Waals surface area (Å²) in [4.78, 5) is 39.8. The van der Waals surface area contributed by atoms with Crippen molar-refractivity contribution in [3.8, 4) is 5.69 Å². The molecule has 9 heteroatoms. The number of aromatic nitrogens is 2. The van der Waals surface area contributed by atoms with Gasteiger partial charge in [0.25, 0.3) is 5.91 Å². The molecule has 2 fully saturated rings. The van der Waals surface area contributed by atoms with E-state index in [2.05, 4.69) is 36.5 Å². The minimum Gasteiger partial charge on any atom is -0.323 e. The average Bonchev–Trinajstić information content (AvgIpc) is 3.12. The number of anilines is 1. The summed E-state index contributed by atoms with van der Waals surface area (Å²) >= 11 is 6.09. The lowest BCUT2D eigenvalue weighted by atomic mass is 9.64. The average molecular weight is 458 g/mol. The predicted molar refractivity (Wildman–Crippen MR) is 122 cm³/mol. The van der Waals surface area contributed by atoms with Gasteiger partial charge in [-0.1, -0.05) is 38.4 Å². The largest absolute Gasteiger partial charge is 0.325 e. The first-order chi connectivity index (χ1) is 15.0. The Bertz CT molecular complexity index is 1100. The van der Waals surface area contributed by atoms with Crippen molar-refractivity contribution in [2.75, 3.05) is 11.9 Å². The van der Waals surface area contributed by atoms with E-state index in [1.165, 1.54) is 0 Å². The van der Waals surface area contributed by atoms with E-state index in [1.807, 2.05) is 13.0 Å². The zero-order chi connectivity index (χ0) is 23.3. The summed E-state index contributed by atoms with van der Waals surface area (Å²) in [7, 11) is 0. The molecule has 2 aromatic rings. The summed E-state index contributed by atoms with van der Waals surface area (Å²) in [5, 5.41) is 10.6. The fourth-order valence-corrected chi connectivity index (χ4v) is 5.55. The molecule has 32 heavy (non-hydrogen) atoms. The van der Waals surface area contributed by atoms with Gasteiger partial charge < -0.3 is 10.6 Å². The normalized spacial score (nSPS) is 24.7. The van der Waals surface area contributed by atoms with Gasteiger partial charge in [-0.25, -0.2) is 9.48 Å². The standard InChI is InChI=1S/C23H28ClN5O3/c1-14-10-22(3,4)13-23(11-14)20(31)28(21(32)26-23)12-19(30)25-18-8-15(2)27-29(18)17-7-5-6-16(24)9-17/h5-9,14H,10-13H2,1-4H3,(H,25,30)(H,26,32). The van der Waals surface area contributed by atoms with Crippen molar-refractivity contribution in [2.45, 2.75) is 52.5 Å². The Balaban J connectivity index is 1.51. The molecule has 2 aliphatic rings. The molecule has 1 aliphatic carbocycles. The first kappa shape index (κ1) is 22.3. The highest BCUT2D eigenvalue weighted by molar-refractivity contribution is 6.30. The smallest absolute Gasteiger partial charge is 0.323 e. The van der Waals surface area contributed by atoms with Crippen LogP contribution in [0.3, 0.4) is 0 Å². The topological polar surface area (TPSA) is 96.3 Å². The lowest BCUT2D eigenvalue weighted by Gasteiger charge is -2.43. The van der Waals surface area contributed by atoms with Crippen LogP contribution >= 0.6 is 11.6 Å². The van der Waals surface area contributed by atoms with Crippen molar-refractivity contribution in [1.29, 1.82) is 0 Å². The number of rotatable bonds is 4. The number of imide groups is 1. The van der Waals surface area contributed by atoms with Gasteiger partial charge in [0.15, 0.2) is 0 Å². The Morgan fingerprint density at radius 1 is 1.28 bits per heavy atom. The van der Waals surface area contributed by atoms with E-state index < -0.39 is 17.5 Å². The molecule has 4 amide bonds. The molecule has 4 rings (SSSR count). The van der Waals surface area contributed by atoms with E-state index >= 15 is 0 Å². The number of urea groups is 1. The van der Waals surface area contributed by atoms with Crippen LogP contribution < -0.4 is 10.6 Å². The van der Waals surface area contributed by atoms with E-state index in [4.69, 9.17) is 11.6 Å². The fraction of sp³-hybridized carbons (Fsp3) is 0.478. The van der Waals surface area contributed by atoms with Crippen LogP contribution in [0.1, 0.15) is 45.7 Å². The summed E-state index contributed by atoms with van der Waals surface area (Å²) in [6, 6.07) is 8.30. The zero-order valence-electron chi connectivity index (χ0n) is 18.7. The minimum absolute atomic E-state index is 0.0696. The van der Waals surface area contributed by atoms with E-state index in [9.17, 15) is 14.4 Å². The first-order valence-corrected chi connectivity index (χ1v) is 11.1. The molecule has 170 valence electrons. The summed E-state index contributed by atoms with van der Waals surface area (Å²) in [6.45, 7) is 7.76. The van der Waals surface area contributed by atoms with Crippen LogP contribution in [0, 0.1) is 18.3 Å². The Morgan fingerprint density at radius 3 is 2.72 bits per heavy atom. The van der Waals surface area contributed by atoms with Crippen LogP contribution in [-0.4, -0.2) is 44.6 Å². The van der Waals surface area contributed by atoms with Crippen LogP contribution in [0.15, 0.2) is 30.3 Å². The number of amides is 4. The number of aryl methyl sites for hydroxylation is 1. The number of nitrogens with zero attached hydrogens (tertiary/aromatic N) is 3. The van der Waals surface area contributed by atoms with Crippen LogP contribution in [0.2, 0.25) is 5.02 Å². The number of halogens is 1. The summed E-state index contributed by atoms with van der Waals surface area (Å²) in [6.07, 6.45) is 2.14. The van der Waals surface area contributed by atoms with Crippen molar-refractivity contribution in [3.05, 3.63) is 41.0 Å². The van der Waals surface area contributed by atoms with Crippen molar-refractivity contribution < 1.29 is 14.4 Å². The molecule has 0 bridgehead atoms. The maximum Gasteiger partial charge on any atom is 0.325 e. The number of benzene rings is 1. The number of carbonyl (C=O) groups is 3. The van der Waals surface area contributed by atoms with Gasteiger partial charge in [-0.15, -0.1) is 0 Å². The molecule has 1 saturated carbocycles. The first-order valence-electron chi connectivity index (χ1n) is 10.7. The highest BCUT2D eigenvalue weighted by atomic mass is 35.5. The second-order valence-electron chi connectivity index (χ2n) is 9.87. The number of nitrogens with one attached hydrogen (secondary N) is 2. The van der Waals surface area contributed by atoms with Gasteiger partial charge in [0, 0.05) is 11.1 Å². The third-order valence-electron chi connectivity index (χ3n) is 6.08. The van der Waals surface area contributed by atoms with Crippen LogP contribution in [-0.2, 0) is 9.59 Å². The van der Waals surface area contributed by atoms with Crippen molar-refractivity contribution in [1.82, 2.24) is 20.0 Å². The Kier molecular flexibility index (Phi) is 5.53. The predicted octanol–water partition coefficient (Wildman–Crippen LogP) is 3.91. The molecule has 2 atom stereocenters. The molecule has 2 unspecified atom stereocenters. The lowest BCUT2D eigenvalue weighted by Crippen LogP contribution is -2.54. The van der Waals surface area contributed by atoms with Gasteiger partial charge in [0.2, 0.25) is 5.91 Å². The molecule has 1 aliphatic heterocycles. The number of carbonyl (C=O) groups excluding carboxylic acids is 3. The summed E-state index contributed by atoms with van der Waals surface area (Å²) in [5.41, 5.74) is 0.387. The highest BCUT2D eigenvalue weighted by Crippen LogP contribution is 2.46. The minimum atomic E-state index is -0.933. The Hall–Kier alpha value is -2.87. The summed E-state index contributed by atoms with van der Waals surface area (Å²) in [5.74, 6) is -0.0654. The van der Waals surface area contributed by atoms with E-state index in [1.54, 1.807) is 28.9 Å². The van der Waals surface area contributed by atoms with Gasteiger partial charge in [-0.05, 0) is 55.7 Å². The summed E-state index contributed by atoms with van der Waals surface area (Å²) < 4.78 is 1.57. The molecular formula is C23H28ClN5O3. The molecule has 1 spiro atoms. The zero-order valence-corrected chi connectivity index (χ0v) is 19.5. The molecule has 2 N–H and O–H groups in total. The van der Waals surface area contributed by atoms with E-state index in [-0.39, 0.29) is 17.9 Å². The molecule has 8 nitrogen and oxygen atoms in total. The van der Waals surface area contributed by atoms with Gasteiger partial charge in [0.1, 0.15) is 17.9 Å². The number of hydrogen-bond donors (Lipinski definition) is 2. The molecule has 1 aromatic heterocycles. The lowest BCUT2D eigenvalue weighted by molar-refractivity contribution is -0.136. The maximum absolute atomic E-state index is 13.3. The molecular weight excluding hydrogens is 430 g/mol. The highest BCUT2D eigenvalue weighted by Gasteiger charge is 2.56. The SMILES string of the molecule is Cc1cc(NC(=O)CN2C(=O)NC3(CC(C)CC(C)(C)C3)C2=O)n(-c2cccc(Cl)c2)n1. The van der Waals surface area contributed by atoms with Crippen molar-refractivity contribution in [2.24, 2.45) is 11.3 Å². The Morgan fingerprint density at radius 2 is 2.03 bits per heavy atom. The maximum atomic E-state index is 13.3. The monoisotopic (exact) mass is 457 g/mol. The number of hydrogen-bond acceptors (Lipinski definition) is 4. The van der Waals surface area contributed by atoms with Crippen LogP contribution in [0.4, 0.5) is 10.6 Å². The van der Waals surface area contributed by atoms with Crippen molar-refractivity contribution in [3.63, 3.8) is 0 Å². The van der Waals surface area contributed by atoms with Crippen LogP contribution in [0.25, 0.3) is 5.69 Å². The Labute approximate surface area is 192 Å². The second-order valence-corrected chi connectivity index (χ2v) is 10.3. The van der Waals surface area contributed by atoms with E-state index in [0.29, 0.717) is 41.0 Å². The third-order valence-corrected chi connectivity index (χ3v) is 6.31. The molecule has 1 aromatic carbocycles. The third kappa shape index (κ3) is 4.24. The molecule has 2 heterocycles. The molecule has 1 saturated heterocycles. The van der Waals surface area contributed by atoms with Gasteiger partial charge in [-0.2, -0.15) is 5.10 Å². The molecule has 0 radical (unpaired) electrons. The van der Waals surface area contributed by atoms with Crippen molar-refractivity contribution >= 4 is 35.3 Å². The second kappa shape index (κ2) is 7.92. The van der Waals surface area contributed by atoms with Gasteiger partial charge >= 0.3 is 6.03 Å². The van der Waals surface area contributed by atoms with Gasteiger partial charge in [-0.3, -0.25) is 14.5 Å². The fourth-order valence-electron chi connectivity index (χ4n) is 5.37.